The Morgan fingerprint density at radius 1 is 1.69 bits per heavy atom. The maximum absolute atomic E-state index is 9.64. The van der Waals surface area contributed by atoms with Crippen molar-refractivity contribution >= 4 is 21.7 Å². The number of nitrogens with one attached hydrogen (secondary N) is 1. The van der Waals surface area contributed by atoms with Crippen molar-refractivity contribution in [2.45, 2.75) is 38.0 Å². The van der Waals surface area contributed by atoms with Gasteiger partial charge in [0.15, 0.2) is 0 Å². The minimum atomic E-state index is -0.518. The lowest BCUT2D eigenvalue weighted by Gasteiger charge is -2.41. The molecular formula is C11H16BrN3O. The molecule has 1 aromatic heterocycles. The summed E-state index contributed by atoms with van der Waals surface area (Å²) >= 11 is 3.37. The van der Waals surface area contributed by atoms with Crippen molar-refractivity contribution in [2.24, 2.45) is 5.73 Å². The van der Waals surface area contributed by atoms with Gasteiger partial charge in [0.25, 0.3) is 0 Å². The van der Waals surface area contributed by atoms with Crippen LogP contribution in [0.15, 0.2) is 16.7 Å². The SMILES string of the molecule is C[C@]1(O)C[C@@H](Nc2ncc(Br)cc2CN)C1. The van der Waals surface area contributed by atoms with Crippen LogP contribution >= 0.6 is 15.9 Å². The second-order valence-corrected chi connectivity index (χ2v) is 5.53. The monoisotopic (exact) mass is 285 g/mol. The Labute approximate surface area is 103 Å². The van der Waals surface area contributed by atoms with Gasteiger partial charge < -0.3 is 16.2 Å². The number of hydrogen-bond donors (Lipinski definition) is 3. The fraction of sp³-hybridized carbons (Fsp3) is 0.545. The molecule has 4 N–H and O–H groups in total. The van der Waals surface area contributed by atoms with E-state index in [-0.39, 0.29) is 0 Å². The molecule has 0 atom stereocenters. The minimum Gasteiger partial charge on any atom is -0.390 e. The highest BCUT2D eigenvalue weighted by atomic mass is 79.9. The molecule has 1 aromatic rings. The molecule has 16 heavy (non-hydrogen) atoms. The molecular weight excluding hydrogens is 270 g/mol. The first-order chi connectivity index (χ1) is 7.50. The Hall–Kier alpha value is -0.650. The van der Waals surface area contributed by atoms with E-state index >= 15 is 0 Å². The third-order valence-corrected chi connectivity index (χ3v) is 3.30. The zero-order valence-corrected chi connectivity index (χ0v) is 10.8. The van der Waals surface area contributed by atoms with Crippen LogP contribution in [-0.2, 0) is 6.54 Å². The molecule has 2 rings (SSSR count). The summed E-state index contributed by atoms with van der Waals surface area (Å²) in [5.74, 6) is 0.825. The molecule has 1 aliphatic rings. The van der Waals surface area contributed by atoms with Crippen LogP contribution < -0.4 is 11.1 Å². The molecule has 1 fully saturated rings. The van der Waals surface area contributed by atoms with Crippen molar-refractivity contribution in [3.8, 4) is 0 Å². The van der Waals surface area contributed by atoms with Crippen LogP contribution in [0.2, 0.25) is 0 Å². The van der Waals surface area contributed by atoms with E-state index in [1.807, 2.05) is 13.0 Å². The Bertz CT molecular complexity index is 387. The van der Waals surface area contributed by atoms with Crippen molar-refractivity contribution in [1.82, 2.24) is 4.98 Å². The van der Waals surface area contributed by atoms with Gasteiger partial charge in [-0.3, -0.25) is 0 Å². The van der Waals surface area contributed by atoms with Crippen molar-refractivity contribution in [2.75, 3.05) is 5.32 Å². The van der Waals surface area contributed by atoms with Crippen LogP contribution in [0, 0.1) is 0 Å². The van der Waals surface area contributed by atoms with Gasteiger partial charge in [-0.2, -0.15) is 0 Å². The second-order valence-electron chi connectivity index (χ2n) is 4.61. The molecule has 0 unspecified atom stereocenters. The molecule has 0 radical (unpaired) electrons. The summed E-state index contributed by atoms with van der Waals surface area (Å²) in [6, 6.07) is 2.26. The van der Waals surface area contributed by atoms with Crippen LogP contribution in [0.5, 0.6) is 0 Å². The van der Waals surface area contributed by atoms with Crippen molar-refractivity contribution in [1.29, 1.82) is 0 Å². The van der Waals surface area contributed by atoms with E-state index in [4.69, 9.17) is 5.73 Å². The van der Waals surface area contributed by atoms with Crippen molar-refractivity contribution in [3.05, 3.63) is 22.3 Å². The van der Waals surface area contributed by atoms with Gasteiger partial charge in [0.1, 0.15) is 5.82 Å². The quantitative estimate of drug-likeness (QED) is 0.789. The molecule has 0 aromatic carbocycles. The third kappa shape index (κ3) is 2.53. The van der Waals surface area contributed by atoms with Crippen molar-refractivity contribution < 1.29 is 5.11 Å². The number of anilines is 1. The molecule has 0 spiro atoms. The normalized spacial score (nSPS) is 28.6. The zero-order chi connectivity index (χ0) is 11.8. The van der Waals surface area contributed by atoms with Crippen LogP contribution in [-0.4, -0.2) is 21.7 Å². The number of hydrogen-bond acceptors (Lipinski definition) is 4. The molecule has 0 amide bonds. The lowest BCUT2D eigenvalue weighted by molar-refractivity contribution is -0.0235. The Kier molecular flexibility index (Phi) is 3.19. The second kappa shape index (κ2) is 4.31. The summed E-state index contributed by atoms with van der Waals surface area (Å²) in [4.78, 5) is 4.30. The van der Waals surface area contributed by atoms with Gasteiger partial charge in [0, 0.05) is 28.8 Å². The molecule has 4 nitrogen and oxygen atoms in total. The predicted octanol–water partition coefficient (Wildman–Crippen LogP) is 1.63. The number of nitrogens with zero attached hydrogens (tertiary/aromatic N) is 1. The van der Waals surface area contributed by atoms with Gasteiger partial charge in [-0.05, 0) is 41.8 Å². The summed E-state index contributed by atoms with van der Waals surface area (Å²) in [5.41, 5.74) is 6.13. The fourth-order valence-corrected chi connectivity index (χ4v) is 2.44. The average Bonchev–Trinajstić information content (AvgIpc) is 2.18. The summed E-state index contributed by atoms with van der Waals surface area (Å²) in [6.45, 7) is 2.31. The van der Waals surface area contributed by atoms with Crippen LogP contribution in [0.25, 0.3) is 0 Å². The topological polar surface area (TPSA) is 71.2 Å². The number of halogens is 1. The van der Waals surface area contributed by atoms with E-state index < -0.39 is 5.60 Å². The van der Waals surface area contributed by atoms with Crippen LogP contribution in [0.3, 0.4) is 0 Å². The lowest BCUT2D eigenvalue weighted by atomic mass is 9.77. The smallest absolute Gasteiger partial charge is 0.130 e. The first-order valence-corrected chi connectivity index (χ1v) is 6.13. The molecule has 1 aliphatic carbocycles. The number of aliphatic hydroxyl groups is 1. The highest BCUT2D eigenvalue weighted by Gasteiger charge is 2.38. The van der Waals surface area contributed by atoms with Gasteiger partial charge in [0.2, 0.25) is 0 Å². The standard InChI is InChI=1S/C11H16BrN3O/c1-11(16)3-9(4-11)15-10-7(5-13)2-8(12)6-14-10/h2,6,9,16H,3-5,13H2,1H3,(H,14,15)/t9-,11+. The molecule has 88 valence electrons. The fourth-order valence-electron chi connectivity index (χ4n) is 2.06. The largest absolute Gasteiger partial charge is 0.390 e. The average molecular weight is 286 g/mol. The summed E-state index contributed by atoms with van der Waals surface area (Å²) in [6.07, 6.45) is 3.27. The Morgan fingerprint density at radius 2 is 2.38 bits per heavy atom. The Balaban J connectivity index is 2.05. The van der Waals surface area contributed by atoms with Gasteiger partial charge in [-0.15, -0.1) is 0 Å². The highest BCUT2D eigenvalue weighted by Crippen LogP contribution is 2.34. The Morgan fingerprint density at radius 3 is 2.94 bits per heavy atom. The molecule has 1 saturated carbocycles. The first kappa shape index (κ1) is 11.8. The summed E-state index contributed by atoms with van der Waals surface area (Å²) < 4.78 is 0.930. The van der Waals surface area contributed by atoms with E-state index in [0.717, 1.165) is 28.7 Å². The lowest BCUT2D eigenvalue weighted by Crippen LogP contribution is -2.48. The van der Waals surface area contributed by atoms with E-state index in [1.54, 1.807) is 6.20 Å². The highest BCUT2D eigenvalue weighted by molar-refractivity contribution is 9.10. The first-order valence-electron chi connectivity index (χ1n) is 5.33. The predicted molar refractivity (Wildman–Crippen MR) is 67.1 cm³/mol. The molecule has 5 heteroatoms. The van der Waals surface area contributed by atoms with Crippen LogP contribution in [0.4, 0.5) is 5.82 Å². The molecule has 0 saturated heterocycles. The molecule has 0 bridgehead atoms. The molecule has 1 heterocycles. The zero-order valence-electron chi connectivity index (χ0n) is 9.20. The number of pyridine rings is 1. The van der Waals surface area contributed by atoms with E-state index in [0.29, 0.717) is 12.6 Å². The summed E-state index contributed by atoms with van der Waals surface area (Å²) in [7, 11) is 0. The van der Waals surface area contributed by atoms with Gasteiger partial charge in [0.05, 0.1) is 5.60 Å². The number of aromatic nitrogens is 1. The third-order valence-electron chi connectivity index (χ3n) is 2.87. The minimum absolute atomic E-state index is 0.300. The van der Waals surface area contributed by atoms with Crippen LogP contribution in [0.1, 0.15) is 25.3 Å². The maximum Gasteiger partial charge on any atom is 0.130 e. The maximum atomic E-state index is 9.64. The van der Waals surface area contributed by atoms with Gasteiger partial charge >= 0.3 is 0 Å². The number of rotatable bonds is 3. The van der Waals surface area contributed by atoms with E-state index in [9.17, 15) is 5.11 Å². The van der Waals surface area contributed by atoms with E-state index in [1.165, 1.54) is 0 Å². The summed E-state index contributed by atoms with van der Waals surface area (Å²) in [5, 5.41) is 12.9. The van der Waals surface area contributed by atoms with E-state index in [2.05, 4.69) is 26.2 Å². The van der Waals surface area contributed by atoms with Gasteiger partial charge in [-0.1, -0.05) is 0 Å². The number of nitrogens with two attached hydrogens (primary N) is 1. The van der Waals surface area contributed by atoms with Crippen molar-refractivity contribution in [3.63, 3.8) is 0 Å². The van der Waals surface area contributed by atoms with Gasteiger partial charge in [-0.25, -0.2) is 4.98 Å². The molecule has 0 aliphatic heterocycles.